The van der Waals surface area contributed by atoms with E-state index in [0.29, 0.717) is 0 Å². The van der Waals surface area contributed by atoms with Gasteiger partial charge in [0, 0.05) is 17.4 Å². The first-order valence-electron chi connectivity index (χ1n) is 8.18. The summed E-state index contributed by atoms with van der Waals surface area (Å²) in [6.07, 6.45) is 8.82. The number of aryl methyl sites for hydroxylation is 1. The van der Waals surface area contributed by atoms with Crippen LogP contribution < -0.4 is 5.32 Å². The van der Waals surface area contributed by atoms with Gasteiger partial charge in [0.25, 0.3) is 0 Å². The third kappa shape index (κ3) is 8.31. The van der Waals surface area contributed by atoms with E-state index in [9.17, 15) is 22.0 Å². The van der Waals surface area contributed by atoms with Crippen molar-refractivity contribution >= 4 is 21.4 Å². The maximum Gasteiger partial charge on any atom is 0.229 e. The highest BCUT2D eigenvalue weighted by molar-refractivity contribution is 7.90. The zero-order chi connectivity index (χ0) is 22.1. The van der Waals surface area contributed by atoms with Crippen molar-refractivity contribution in [1.82, 2.24) is 0 Å². The summed E-state index contributed by atoms with van der Waals surface area (Å²) in [5.41, 5.74) is 1.71. The molecule has 2 rings (SSSR count). The predicted octanol–water partition coefficient (Wildman–Crippen LogP) is 4.60. The number of hydrogen-bond donors (Lipinski definition) is 1. The summed E-state index contributed by atoms with van der Waals surface area (Å²) in [6.45, 7) is 7.72. The molecule has 0 atom stereocenters. The minimum absolute atomic E-state index is 0.0429. The molecule has 0 fully saturated rings. The van der Waals surface area contributed by atoms with Crippen molar-refractivity contribution in [3.8, 4) is 12.8 Å². The fourth-order valence-electron chi connectivity index (χ4n) is 1.73. The van der Waals surface area contributed by atoms with Gasteiger partial charge < -0.3 is 5.32 Å². The van der Waals surface area contributed by atoms with E-state index in [-0.39, 0.29) is 11.3 Å². The molecule has 7 heteroatoms. The molecule has 0 aliphatic carbocycles. The summed E-state index contributed by atoms with van der Waals surface area (Å²) < 4.78 is 46.8. The van der Waals surface area contributed by atoms with Gasteiger partial charge in [0.15, 0.2) is 21.5 Å². The molecule has 1 N–H and O–H groups in total. The van der Waals surface area contributed by atoms with E-state index in [1.165, 1.54) is 5.56 Å². The molecule has 152 valence electrons. The first-order valence-corrected chi connectivity index (χ1v) is 10.1. The van der Waals surface area contributed by atoms with Crippen LogP contribution in [0.3, 0.4) is 0 Å². The second-order valence-corrected chi connectivity index (χ2v) is 8.88. The van der Waals surface area contributed by atoms with Gasteiger partial charge in [0.1, 0.15) is 4.90 Å². The highest BCUT2D eigenvalue weighted by atomic mass is 32.2. The largest absolute Gasteiger partial charge is 0.326 e. The lowest BCUT2D eigenvalue weighted by Gasteiger charge is -2.17. The molecule has 0 heterocycles. The van der Waals surface area contributed by atoms with Gasteiger partial charge in [-0.25, -0.2) is 17.2 Å². The Balaban J connectivity index is 0.000000483. The van der Waals surface area contributed by atoms with Crippen molar-refractivity contribution in [3.63, 3.8) is 0 Å². The summed E-state index contributed by atoms with van der Waals surface area (Å²) >= 11 is 0. The van der Waals surface area contributed by atoms with Gasteiger partial charge in [-0.15, -0.1) is 12.8 Å². The second kappa shape index (κ2) is 10.6. The Labute approximate surface area is 165 Å². The maximum absolute atomic E-state index is 12.7. The van der Waals surface area contributed by atoms with E-state index in [1.807, 2.05) is 52.0 Å². The van der Waals surface area contributed by atoms with Crippen LogP contribution in [-0.2, 0) is 14.6 Å². The van der Waals surface area contributed by atoms with Crippen LogP contribution in [0.25, 0.3) is 0 Å². The van der Waals surface area contributed by atoms with Crippen LogP contribution in [0.4, 0.5) is 14.5 Å². The van der Waals surface area contributed by atoms with Crippen molar-refractivity contribution in [1.29, 1.82) is 0 Å². The van der Waals surface area contributed by atoms with E-state index >= 15 is 0 Å². The molecule has 4 nitrogen and oxygen atoms in total. The standard InChI is InChI=1S/C12H17NO.C7H6F2O2S.C2H2/c1-9-5-7-10(8-6-9)13-11(14)12(2,3)4;1-12(10,11)6-4-2-3-5(8)7(6)9;1-2/h5-8H,1-4H3,(H,13,14);2-4H,1H3;1-2H. The summed E-state index contributed by atoms with van der Waals surface area (Å²) in [5, 5.41) is 2.87. The number of sulfone groups is 1. The molecule has 0 unspecified atom stereocenters. The van der Waals surface area contributed by atoms with Crippen molar-refractivity contribution in [2.75, 3.05) is 11.6 Å². The third-order valence-electron chi connectivity index (χ3n) is 3.31. The molecule has 0 aliphatic rings. The van der Waals surface area contributed by atoms with E-state index in [2.05, 4.69) is 18.2 Å². The molecule has 0 spiro atoms. The van der Waals surface area contributed by atoms with E-state index in [4.69, 9.17) is 0 Å². The van der Waals surface area contributed by atoms with Gasteiger partial charge in [-0.2, -0.15) is 0 Å². The first-order chi connectivity index (χ1) is 12.8. The summed E-state index contributed by atoms with van der Waals surface area (Å²) in [7, 11) is -3.67. The SMILES string of the molecule is C#C.CS(=O)(=O)c1cccc(F)c1F.Cc1ccc(NC(=O)C(C)(C)C)cc1. The number of carbonyl (C=O) groups is 1. The summed E-state index contributed by atoms with van der Waals surface area (Å²) in [4.78, 5) is 11.0. The molecule has 2 aromatic carbocycles. The Kier molecular flexibility index (Phi) is 9.55. The van der Waals surface area contributed by atoms with E-state index < -0.39 is 26.4 Å². The summed E-state index contributed by atoms with van der Waals surface area (Å²) in [5.74, 6) is -2.43. The zero-order valence-corrected chi connectivity index (χ0v) is 17.4. The number of hydrogen-bond acceptors (Lipinski definition) is 3. The molecule has 2 aromatic rings. The zero-order valence-electron chi connectivity index (χ0n) is 16.6. The molecule has 0 saturated carbocycles. The lowest BCUT2D eigenvalue weighted by atomic mass is 9.95. The molecule has 0 aliphatic heterocycles. The van der Waals surface area contributed by atoms with Crippen LogP contribution in [-0.4, -0.2) is 20.6 Å². The first kappa shape index (κ1) is 25.3. The van der Waals surface area contributed by atoms with Crippen LogP contribution in [0.1, 0.15) is 26.3 Å². The van der Waals surface area contributed by atoms with Gasteiger partial charge in [-0.05, 0) is 31.2 Å². The third-order valence-corrected chi connectivity index (χ3v) is 4.42. The average molecular weight is 409 g/mol. The normalized spacial score (nSPS) is 10.6. The number of rotatable bonds is 2. The Morgan fingerprint density at radius 1 is 1.00 bits per heavy atom. The Hall–Kier alpha value is -2.72. The minimum atomic E-state index is -3.67. The molecule has 1 amide bonds. The van der Waals surface area contributed by atoms with Crippen LogP contribution >= 0.6 is 0 Å². The molecule has 0 radical (unpaired) electrons. The quantitative estimate of drug-likeness (QED) is 0.738. The number of amides is 1. The maximum atomic E-state index is 12.7. The van der Waals surface area contributed by atoms with Gasteiger partial charge in [0.05, 0.1) is 0 Å². The van der Waals surface area contributed by atoms with Crippen LogP contribution in [0.2, 0.25) is 0 Å². The lowest BCUT2D eigenvalue weighted by Crippen LogP contribution is -2.27. The van der Waals surface area contributed by atoms with Gasteiger partial charge >= 0.3 is 0 Å². The monoisotopic (exact) mass is 409 g/mol. The second-order valence-electron chi connectivity index (χ2n) is 6.89. The average Bonchev–Trinajstić information content (AvgIpc) is 2.60. The fourth-order valence-corrected chi connectivity index (χ4v) is 2.47. The van der Waals surface area contributed by atoms with Crippen LogP contribution in [0, 0.1) is 36.8 Å². The predicted molar refractivity (Wildman–Crippen MR) is 109 cm³/mol. The van der Waals surface area contributed by atoms with Crippen molar-refractivity contribution in [2.24, 2.45) is 5.41 Å². The topological polar surface area (TPSA) is 63.2 Å². The number of anilines is 1. The van der Waals surface area contributed by atoms with Gasteiger partial charge in [0.2, 0.25) is 5.91 Å². The van der Waals surface area contributed by atoms with Crippen molar-refractivity contribution in [2.45, 2.75) is 32.6 Å². The summed E-state index contributed by atoms with van der Waals surface area (Å²) in [6, 6.07) is 10.8. The van der Waals surface area contributed by atoms with E-state index in [0.717, 1.165) is 30.1 Å². The Morgan fingerprint density at radius 2 is 1.50 bits per heavy atom. The smallest absolute Gasteiger partial charge is 0.229 e. The molecular weight excluding hydrogens is 384 g/mol. The minimum Gasteiger partial charge on any atom is -0.326 e. The number of terminal acetylenes is 1. The van der Waals surface area contributed by atoms with Gasteiger partial charge in [-0.3, -0.25) is 4.79 Å². The molecule has 0 saturated heterocycles. The number of halogens is 2. The van der Waals surface area contributed by atoms with E-state index in [1.54, 1.807) is 0 Å². The van der Waals surface area contributed by atoms with Crippen molar-refractivity contribution < 1.29 is 22.0 Å². The molecular formula is C21H25F2NO3S. The van der Waals surface area contributed by atoms with Crippen molar-refractivity contribution in [3.05, 3.63) is 59.7 Å². The van der Waals surface area contributed by atoms with Crippen LogP contribution in [0.15, 0.2) is 47.4 Å². The highest BCUT2D eigenvalue weighted by Gasteiger charge is 2.20. The lowest BCUT2D eigenvalue weighted by molar-refractivity contribution is -0.123. The molecule has 0 aromatic heterocycles. The Bertz CT molecular complexity index is 913. The van der Waals surface area contributed by atoms with Crippen LogP contribution in [0.5, 0.6) is 0 Å². The molecule has 28 heavy (non-hydrogen) atoms. The number of benzene rings is 2. The number of carbonyl (C=O) groups excluding carboxylic acids is 1. The highest BCUT2D eigenvalue weighted by Crippen LogP contribution is 2.17. The molecule has 0 bridgehead atoms. The van der Waals surface area contributed by atoms with Gasteiger partial charge in [-0.1, -0.05) is 44.5 Å². The fraction of sp³-hybridized carbons (Fsp3) is 0.286. The number of nitrogens with one attached hydrogen (secondary N) is 1. The Morgan fingerprint density at radius 3 is 1.89 bits per heavy atom.